The highest BCUT2D eigenvalue weighted by Gasteiger charge is 2.15. The number of rotatable bonds is 6. The normalized spacial score (nSPS) is 18.4. The van der Waals surface area contributed by atoms with Gasteiger partial charge in [-0.1, -0.05) is 30.3 Å². The van der Waals surface area contributed by atoms with Gasteiger partial charge in [0, 0.05) is 6.54 Å². The van der Waals surface area contributed by atoms with Gasteiger partial charge in [-0.15, -0.1) is 0 Å². The minimum Gasteiger partial charge on any atom is -0.389 e. The molecule has 1 aromatic rings. The summed E-state index contributed by atoms with van der Waals surface area (Å²) in [5, 5.41) is 9.82. The number of β-amino-alcohol motifs (C(OH)–C–C–N with tert-alkyl or cyclic N) is 1. The van der Waals surface area contributed by atoms with E-state index in [4.69, 9.17) is 4.74 Å². The molecule has 1 fully saturated rings. The molecule has 1 aliphatic rings. The first-order chi connectivity index (χ1) is 8.34. The van der Waals surface area contributed by atoms with Crippen molar-refractivity contribution in [2.45, 2.75) is 25.6 Å². The van der Waals surface area contributed by atoms with E-state index in [9.17, 15) is 5.11 Å². The van der Waals surface area contributed by atoms with E-state index in [2.05, 4.69) is 4.90 Å². The summed E-state index contributed by atoms with van der Waals surface area (Å²) in [5.74, 6) is 0. The van der Waals surface area contributed by atoms with Crippen molar-refractivity contribution in [1.82, 2.24) is 4.90 Å². The van der Waals surface area contributed by atoms with Crippen LogP contribution in [-0.4, -0.2) is 42.4 Å². The van der Waals surface area contributed by atoms with E-state index in [1.807, 2.05) is 30.3 Å². The van der Waals surface area contributed by atoms with Crippen LogP contribution < -0.4 is 0 Å². The first-order valence-electron chi connectivity index (χ1n) is 6.36. The van der Waals surface area contributed by atoms with Gasteiger partial charge in [-0.25, -0.2) is 0 Å². The van der Waals surface area contributed by atoms with Crippen molar-refractivity contribution in [2.24, 2.45) is 0 Å². The number of ether oxygens (including phenoxy) is 1. The topological polar surface area (TPSA) is 32.7 Å². The van der Waals surface area contributed by atoms with Gasteiger partial charge in [-0.05, 0) is 31.5 Å². The predicted molar refractivity (Wildman–Crippen MR) is 67.8 cm³/mol. The fourth-order valence-electron chi connectivity index (χ4n) is 2.20. The molecule has 0 radical (unpaired) electrons. The Hall–Kier alpha value is -0.900. The Kier molecular flexibility index (Phi) is 4.98. The molecule has 0 spiro atoms. The summed E-state index contributed by atoms with van der Waals surface area (Å²) in [6.45, 7) is 3.99. The highest BCUT2D eigenvalue weighted by Crippen LogP contribution is 2.08. The Morgan fingerprint density at radius 2 is 1.88 bits per heavy atom. The second-order valence-electron chi connectivity index (χ2n) is 4.66. The van der Waals surface area contributed by atoms with Crippen LogP contribution in [0, 0.1) is 0 Å². The number of aliphatic hydroxyl groups is 1. The Bertz CT molecular complexity index is 309. The summed E-state index contributed by atoms with van der Waals surface area (Å²) in [6, 6.07) is 10.1. The lowest BCUT2D eigenvalue weighted by molar-refractivity contribution is 0.0134. The Balaban J connectivity index is 1.61. The van der Waals surface area contributed by atoms with Crippen molar-refractivity contribution >= 4 is 0 Å². The molecule has 17 heavy (non-hydrogen) atoms. The molecule has 0 aliphatic carbocycles. The van der Waals surface area contributed by atoms with Gasteiger partial charge in [0.2, 0.25) is 0 Å². The number of hydrogen-bond donors (Lipinski definition) is 1. The summed E-state index contributed by atoms with van der Waals surface area (Å²) < 4.78 is 5.52. The number of hydrogen-bond acceptors (Lipinski definition) is 3. The first kappa shape index (κ1) is 12.6. The van der Waals surface area contributed by atoms with Crippen LogP contribution in [-0.2, 0) is 11.3 Å². The summed E-state index contributed by atoms with van der Waals surface area (Å²) in [4.78, 5) is 2.30. The van der Waals surface area contributed by atoms with Crippen molar-refractivity contribution in [3.63, 3.8) is 0 Å². The fourth-order valence-corrected chi connectivity index (χ4v) is 2.20. The highest BCUT2D eigenvalue weighted by atomic mass is 16.5. The highest BCUT2D eigenvalue weighted by molar-refractivity contribution is 5.13. The van der Waals surface area contributed by atoms with Crippen molar-refractivity contribution in [1.29, 1.82) is 0 Å². The number of likely N-dealkylation sites (tertiary alicyclic amines) is 1. The summed E-state index contributed by atoms with van der Waals surface area (Å²) in [7, 11) is 0. The molecular weight excluding hydrogens is 214 g/mol. The van der Waals surface area contributed by atoms with Crippen LogP contribution in [0.2, 0.25) is 0 Å². The van der Waals surface area contributed by atoms with Crippen LogP contribution in [0.3, 0.4) is 0 Å². The quantitative estimate of drug-likeness (QED) is 0.814. The average molecular weight is 235 g/mol. The Morgan fingerprint density at radius 1 is 1.18 bits per heavy atom. The van der Waals surface area contributed by atoms with Crippen molar-refractivity contribution in [3.05, 3.63) is 35.9 Å². The van der Waals surface area contributed by atoms with Gasteiger partial charge in [-0.3, -0.25) is 0 Å². The number of aliphatic hydroxyl groups excluding tert-OH is 1. The average Bonchev–Trinajstić information content (AvgIpc) is 2.83. The summed E-state index contributed by atoms with van der Waals surface area (Å²) >= 11 is 0. The van der Waals surface area contributed by atoms with Gasteiger partial charge >= 0.3 is 0 Å². The predicted octanol–water partition coefficient (Wildman–Crippen LogP) is 1.66. The zero-order chi connectivity index (χ0) is 11.9. The SMILES string of the molecule is O[C@@H](COCc1ccccc1)CN1CCCC1. The minimum absolute atomic E-state index is 0.364. The van der Waals surface area contributed by atoms with Crippen molar-refractivity contribution in [2.75, 3.05) is 26.2 Å². The third-order valence-electron chi connectivity index (χ3n) is 3.09. The van der Waals surface area contributed by atoms with E-state index in [-0.39, 0.29) is 6.10 Å². The second-order valence-corrected chi connectivity index (χ2v) is 4.66. The van der Waals surface area contributed by atoms with Crippen LogP contribution in [0.1, 0.15) is 18.4 Å². The zero-order valence-corrected chi connectivity index (χ0v) is 10.2. The molecule has 0 amide bonds. The van der Waals surface area contributed by atoms with E-state index in [0.717, 1.165) is 25.2 Å². The maximum absolute atomic E-state index is 9.82. The van der Waals surface area contributed by atoms with Crippen LogP contribution in [0.5, 0.6) is 0 Å². The van der Waals surface area contributed by atoms with Crippen LogP contribution in [0.4, 0.5) is 0 Å². The van der Waals surface area contributed by atoms with Crippen molar-refractivity contribution < 1.29 is 9.84 Å². The minimum atomic E-state index is -0.364. The number of benzene rings is 1. The summed E-state index contributed by atoms with van der Waals surface area (Å²) in [5.41, 5.74) is 1.15. The van der Waals surface area contributed by atoms with Crippen LogP contribution >= 0.6 is 0 Å². The first-order valence-corrected chi connectivity index (χ1v) is 6.36. The molecule has 1 saturated heterocycles. The van der Waals surface area contributed by atoms with Gasteiger partial charge in [0.05, 0.1) is 19.3 Å². The van der Waals surface area contributed by atoms with Crippen LogP contribution in [0.25, 0.3) is 0 Å². The van der Waals surface area contributed by atoms with Gasteiger partial charge in [-0.2, -0.15) is 0 Å². The van der Waals surface area contributed by atoms with Crippen LogP contribution in [0.15, 0.2) is 30.3 Å². The van der Waals surface area contributed by atoms with E-state index in [1.54, 1.807) is 0 Å². The molecule has 0 unspecified atom stereocenters. The second kappa shape index (κ2) is 6.74. The molecule has 1 heterocycles. The lowest BCUT2D eigenvalue weighted by Crippen LogP contribution is -2.32. The van der Waals surface area contributed by atoms with Gasteiger partial charge in [0.1, 0.15) is 0 Å². The largest absolute Gasteiger partial charge is 0.389 e. The molecule has 0 bridgehead atoms. The van der Waals surface area contributed by atoms with E-state index >= 15 is 0 Å². The van der Waals surface area contributed by atoms with E-state index < -0.39 is 0 Å². The molecule has 0 aromatic heterocycles. The van der Waals surface area contributed by atoms with E-state index in [1.165, 1.54) is 12.8 Å². The fraction of sp³-hybridized carbons (Fsp3) is 0.571. The lowest BCUT2D eigenvalue weighted by Gasteiger charge is -2.19. The molecule has 1 atom stereocenters. The van der Waals surface area contributed by atoms with Gasteiger partial charge in [0.25, 0.3) is 0 Å². The molecular formula is C14H21NO2. The standard InChI is InChI=1S/C14H21NO2/c16-14(10-15-8-4-5-9-15)12-17-11-13-6-2-1-3-7-13/h1-3,6-7,14,16H,4-5,8-12H2/t14-/m1/s1. The zero-order valence-electron chi connectivity index (χ0n) is 10.2. The Morgan fingerprint density at radius 3 is 2.59 bits per heavy atom. The third-order valence-corrected chi connectivity index (χ3v) is 3.09. The monoisotopic (exact) mass is 235 g/mol. The molecule has 3 nitrogen and oxygen atoms in total. The molecule has 3 heteroatoms. The molecule has 1 aliphatic heterocycles. The summed E-state index contributed by atoms with van der Waals surface area (Å²) in [6.07, 6.45) is 2.16. The van der Waals surface area contributed by atoms with Crippen molar-refractivity contribution in [3.8, 4) is 0 Å². The molecule has 94 valence electrons. The van der Waals surface area contributed by atoms with Gasteiger partial charge in [0.15, 0.2) is 0 Å². The maximum atomic E-state index is 9.82. The molecule has 1 N–H and O–H groups in total. The Labute approximate surface area is 103 Å². The third kappa shape index (κ3) is 4.46. The van der Waals surface area contributed by atoms with Gasteiger partial charge < -0.3 is 14.7 Å². The molecule has 1 aromatic carbocycles. The maximum Gasteiger partial charge on any atom is 0.0900 e. The molecule has 2 rings (SSSR count). The lowest BCUT2D eigenvalue weighted by atomic mass is 10.2. The number of nitrogens with zero attached hydrogens (tertiary/aromatic N) is 1. The molecule has 0 saturated carbocycles. The van der Waals surface area contributed by atoms with E-state index in [0.29, 0.717) is 13.2 Å². The smallest absolute Gasteiger partial charge is 0.0900 e.